The summed E-state index contributed by atoms with van der Waals surface area (Å²) in [7, 11) is 0. The molecule has 4 nitrogen and oxygen atoms in total. The molecule has 74 valence electrons. The molecule has 1 N–H and O–H groups in total. The SMILES string of the molecule is CC1CC1c1ccc(C(=O)C(=O)O)o1. The molecule has 0 spiro atoms. The molecule has 2 atom stereocenters. The third-order valence-corrected chi connectivity index (χ3v) is 2.52. The fourth-order valence-corrected chi connectivity index (χ4v) is 1.50. The Balaban J connectivity index is 2.18. The molecule has 14 heavy (non-hydrogen) atoms. The zero-order valence-electron chi connectivity index (χ0n) is 7.69. The van der Waals surface area contributed by atoms with Crippen molar-refractivity contribution in [3.63, 3.8) is 0 Å². The minimum Gasteiger partial charge on any atom is -0.475 e. The van der Waals surface area contributed by atoms with Crippen LogP contribution in [0.15, 0.2) is 16.5 Å². The van der Waals surface area contributed by atoms with E-state index in [9.17, 15) is 9.59 Å². The van der Waals surface area contributed by atoms with E-state index in [2.05, 4.69) is 6.92 Å². The van der Waals surface area contributed by atoms with Crippen molar-refractivity contribution in [1.29, 1.82) is 0 Å². The Morgan fingerprint density at radius 1 is 1.50 bits per heavy atom. The van der Waals surface area contributed by atoms with Gasteiger partial charge in [0.2, 0.25) is 0 Å². The zero-order valence-corrected chi connectivity index (χ0v) is 7.69. The first-order valence-corrected chi connectivity index (χ1v) is 4.47. The number of hydrogen-bond acceptors (Lipinski definition) is 3. The Morgan fingerprint density at radius 3 is 2.64 bits per heavy atom. The van der Waals surface area contributed by atoms with Crippen molar-refractivity contribution in [2.75, 3.05) is 0 Å². The highest BCUT2D eigenvalue weighted by atomic mass is 16.4. The van der Waals surface area contributed by atoms with Gasteiger partial charge < -0.3 is 9.52 Å². The smallest absolute Gasteiger partial charge is 0.380 e. The summed E-state index contributed by atoms with van der Waals surface area (Å²) >= 11 is 0. The first-order chi connectivity index (χ1) is 6.59. The third-order valence-electron chi connectivity index (χ3n) is 2.52. The zero-order chi connectivity index (χ0) is 10.3. The maximum Gasteiger partial charge on any atom is 0.380 e. The lowest BCUT2D eigenvalue weighted by Gasteiger charge is -1.91. The quantitative estimate of drug-likeness (QED) is 0.587. The van der Waals surface area contributed by atoms with Crippen molar-refractivity contribution < 1.29 is 19.1 Å². The van der Waals surface area contributed by atoms with Crippen molar-refractivity contribution >= 4 is 11.8 Å². The van der Waals surface area contributed by atoms with Crippen LogP contribution in [-0.4, -0.2) is 16.9 Å². The van der Waals surface area contributed by atoms with Crippen LogP contribution in [0.2, 0.25) is 0 Å². The second-order valence-electron chi connectivity index (χ2n) is 3.66. The summed E-state index contributed by atoms with van der Waals surface area (Å²) in [5.74, 6) is -0.868. The van der Waals surface area contributed by atoms with Crippen LogP contribution in [0, 0.1) is 5.92 Å². The molecule has 0 amide bonds. The molecule has 0 bridgehead atoms. The lowest BCUT2D eigenvalue weighted by Crippen LogP contribution is -2.11. The average Bonchev–Trinajstić information content (AvgIpc) is 2.67. The predicted molar refractivity (Wildman–Crippen MR) is 47.2 cm³/mol. The first-order valence-electron chi connectivity index (χ1n) is 4.47. The molecule has 4 heteroatoms. The fourth-order valence-electron chi connectivity index (χ4n) is 1.50. The Labute approximate surface area is 80.5 Å². The summed E-state index contributed by atoms with van der Waals surface area (Å²) < 4.78 is 5.17. The van der Waals surface area contributed by atoms with E-state index in [1.165, 1.54) is 6.07 Å². The van der Waals surface area contributed by atoms with Gasteiger partial charge in [0.15, 0.2) is 5.76 Å². The van der Waals surface area contributed by atoms with Crippen molar-refractivity contribution in [2.24, 2.45) is 5.92 Å². The maximum absolute atomic E-state index is 11.0. The molecule has 1 aromatic rings. The van der Waals surface area contributed by atoms with Crippen molar-refractivity contribution in [2.45, 2.75) is 19.3 Å². The Hall–Kier alpha value is -1.58. The van der Waals surface area contributed by atoms with Crippen molar-refractivity contribution in [3.8, 4) is 0 Å². The minimum atomic E-state index is -1.48. The van der Waals surface area contributed by atoms with Gasteiger partial charge in [0.1, 0.15) is 5.76 Å². The average molecular weight is 194 g/mol. The number of hydrogen-bond donors (Lipinski definition) is 1. The van der Waals surface area contributed by atoms with E-state index in [4.69, 9.17) is 9.52 Å². The van der Waals surface area contributed by atoms with Gasteiger partial charge in [0.05, 0.1) is 0 Å². The molecule has 0 aromatic carbocycles. The summed E-state index contributed by atoms with van der Waals surface area (Å²) in [6, 6.07) is 3.11. The van der Waals surface area contributed by atoms with Gasteiger partial charge in [-0.3, -0.25) is 4.79 Å². The van der Waals surface area contributed by atoms with Crippen molar-refractivity contribution in [3.05, 3.63) is 23.7 Å². The van der Waals surface area contributed by atoms with Crippen LogP contribution in [0.5, 0.6) is 0 Å². The van der Waals surface area contributed by atoms with E-state index in [-0.39, 0.29) is 5.76 Å². The molecule has 2 unspecified atom stereocenters. The standard InChI is InChI=1S/C10H10O4/c1-5-4-6(5)7-2-3-8(14-7)9(11)10(12)13/h2-3,5-6H,4H2,1H3,(H,12,13). The highest BCUT2D eigenvalue weighted by Crippen LogP contribution is 2.47. The monoisotopic (exact) mass is 194 g/mol. The van der Waals surface area contributed by atoms with E-state index >= 15 is 0 Å². The van der Waals surface area contributed by atoms with Crippen LogP contribution in [0.4, 0.5) is 0 Å². The lowest BCUT2D eigenvalue weighted by molar-refractivity contribution is -0.131. The molecule has 1 aliphatic carbocycles. The summed E-state index contributed by atoms with van der Waals surface area (Å²) in [5.41, 5.74) is 0. The highest BCUT2D eigenvalue weighted by molar-refractivity contribution is 6.38. The van der Waals surface area contributed by atoms with E-state index in [1.807, 2.05) is 0 Å². The number of Topliss-reactive ketones (excluding diaryl/α,β-unsaturated/α-hetero) is 1. The lowest BCUT2D eigenvalue weighted by atomic mass is 10.2. The van der Waals surface area contributed by atoms with Gasteiger partial charge in [-0.25, -0.2) is 4.79 Å². The van der Waals surface area contributed by atoms with Gasteiger partial charge in [-0.05, 0) is 24.5 Å². The van der Waals surface area contributed by atoms with Gasteiger partial charge in [0.25, 0.3) is 0 Å². The number of ketones is 1. The molecule has 1 fully saturated rings. The van der Waals surface area contributed by atoms with Crippen LogP contribution in [-0.2, 0) is 4.79 Å². The molecule has 0 saturated heterocycles. The minimum absolute atomic E-state index is 0.0772. The third kappa shape index (κ3) is 1.43. The number of furan rings is 1. The number of carbonyl (C=O) groups excluding carboxylic acids is 1. The number of carbonyl (C=O) groups is 2. The van der Waals surface area contributed by atoms with Crippen LogP contribution in [0.1, 0.15) is 35.6 Å². The first kappa shape index (κ1) is 8.99. The van der Waals surface area contributed by atoms with Gasteiger partial charge in [-0.1, -0.05) is 6.92 Å². The van der Waals surface area contributed by atoms with Gasteiger partial charge >= 0.3 is 11.8 Å². The predicted octanol–water partition coefficient (Wildman–Crippen LogP) is 1.67. The molecule has 0 radical (unpaired) electrons. The number of carboxylic acid groups (broad SMARTS) is 1. The molecular weight excluding hydrogens is 184 g/mol. The molecule has 1 aromatic heterocycles. The van der Waals surface area contributed by atoms with Crippen LogP contribution in [0.25, 0.3) is 0 Å². The summed E-state index contributed by atoms with van der Waals surface area (Å²) in [4.78, 5) is 21.3. The molecule has 1 saturated carbocycles. The maximum atomic E-state index is 11.0. The topological polar surface area (TPSA) is 67.5 Å². The number of carboxylic acids is 1. The second-order valence-corrected chi connectivity index (χ2v) is 3.66. The van der Waals surface area contributed by atoms with Crippen molar-refractivity contribution in [1.82, 2.24) is 0 Å². The van der Waals surface area contributed by atoms with E-state index < -0.39 is 11.8 Å². The summed E-state index contributed by atoms with van der Waals surface area (Å²) in [6.07, 6.45) is 1.05. The van der Waals surface area contributed by atoms with Crippen LogP contribution < -0.4 is 0 Å². The van der Waals surface area contributed by atoms with Gasteiger partial charge in [0, 0.05) is 5.92 Å². The van der Waals surface area contributed by atoms with Gasteiger partial charge in [-0.15, -0.1) is 0 Å². The van der Waals surface area contributed by atoms with E-state index in [0.717, 1.165) is 12.2 Å². The van der Waals surface area contributed by atoms with Gasteiger partial charge in [-0.2, -0.15) is 0 Å². The second kappa shape index (κ2) is 2.97. The van der Waals surface area contributed by atoms with E-state index in [0.29, 0.717) is 11.8 Å². The summed E-state index contributed by atoms with van der Waals surface area (Å²) in [5, 5.41) is 8.44. The molecule has 1 heterocycles. The molecule has 2 rings (SSSR count). The molecular formula is C10H10O4. The Kier molecular flexibility index (Phi) is 1.91. The molecule has 1 aliphatic rings. The normalized spacial score (nSPS) is 24.6. The number of rotatable bonds is 3. The largest absolute Gasteiger partial charge is 0.475 e. The molecule has 0 aliphatic heterocycles. The highest BCUT2D eigenvalue weighted by Gasteiger charge is 2.37. The number of aliphatic carboxylic acids is 1. The van der Waals surface area contributed by atoms with Crippen LogP contribution >= 0.6 is 0 Å². The Morgan fingerprint density at radius 2 is 2.14 bits per heavy atom. The van der Waals surface area contributed by atoms with E-state index in [1.54, 1.807) is 6.07 Å². The fraction of sp³-hybridized carbons (Fsp3) is 0.400. The Bertz CT molecular complexity index is 391. The van der Waals surface area contributed by atoms with Crippen LogP contribution in [0.3, 0.4) is 0 Å². The summed E-state index contributed by atoms with van der Waals surface area (Å²) in [6.45, 7) is 2.09.